The summed E-state index contributed by atoms with van der Waals surface area (Å²) in [5.74, 6) is -1.61. The number of carbonyl (C=O) groups is 5. The molecule has 1 aromatic rings. The molecule has 1 rings (SSSR count). The van der Waals surface area contributed by atoms with Crippen LogP contribution < -0.4 is 26.0 Å². The maximum Gasteiger partial charge on any atom is 0.412 e. The van der Waals surface area contributed by atoms with Crippen LogP contribution in [0.2, 0.25) is 0 Å². The molecular weight excluding hydrogens is 674 g/mol. The Bertz CT molecular complexity index is 1290. The molecule has 0 aliphatic rings. The Hall–Kier alpha value is -4.84. The quantitative estimate of drug-likeness (QED) is 0.0500. The molecule has 5 N–H and O–H groups in total. The fourth-order valence-corrected chi connectivity index (χ4v) is 3.82. The molecular formula is C32H51N7O12. The molecule has 0 aliphatic heterocycles. The highest BCUT2D eigenvalue weighted by molar-refractivity contribution is 5.85. The van der Waals surface area contributed by atoms with E-state index in [0.717, 1.165) is 0 Å². The van der Waals surface area contributed by atoms with Gasteiger partial charge in [-0.25, -0.2) is 19.2 Å². The molecule has 0 aromatic heterocycles. The minimum absolute atomic E-state index is 0.0000306. The predicted octanol–water partition coefficient (Wildman–Crippen LogP) is 3.06. The van der Waals surface area contributed by atoms with E-state index < -0.39 is 53.4 Å². The molecule has 2 unspecified atom stereocenters. The van der Waals surface area contributed by atoms with Gasteiger partial charge >= 0.3 is 24.2 Å². The lowest BCUT2D eigenvalue weighted by Crippen LogP contribution is -2.50. The molecule has 1 aromatic carbocycles. The van der Waals surface area contributed by atoms with E-state index in [-0.39, 0.29) is 51.4 Å². The molecule has 19 heteroatoms. The van der Waals surface area contributed by atoms with Gasteiger partial charge in [0.2, 0.25) is 5.91 Å². The topological polar surface area (TPSA) is 258 Å². The minimum atomic E-state index is -1.25. The lowest BCUT2D eigenvalue weighted by molar-refractivity contribution is -0.139. The summed E-state index contributed by atoms with van der Waals surface area (Å²) in [7, 11) is 0. The Labute approximate surface area is 297 Å². The molecule has 4 amide bonds. The number of aliphatic carboxylic acids is 1. The fourth-order valence-electron chi connectivity index (χ4n) is 3.82. The van der Waals surface area contributed by atoms with Crippen LogP contribution in [0, 0.1) is 0 Å². The molecule has 19 nitrogen and oxygen atoms in total. The van der Waals surface area contributed by atoms with Crippen LogP contribution in [0.5, 0.6) is 5.75 Å². The van der Waals surface area contributed by atoms with Gasteiger partial charge in [0.1, 0.15) is 29.0 Å². The van der Waals surface area contributed by atoms with Gasteiger partial charge in [0.25, 0.3) is 0 Å². The Kier molecular flexibility index (Phi) is 20.4. The third kappa shape index (κ3) is 23.2. The highest BCUT2D eigenvalue weighted by Crippen LogP contribution is 2.15. The molecule has 51 heavy (non-hydrogen) atoms. The van der Waals surface area contributed by atoms with Crippen LogP contribution in [0.3, 0.4) is 0 Å². The molecule has 0 heterocycles. The third-order valence-electron chi connectivity index (χ3n) is 5.96. The molecule has 0 radical (unpaired) electrons. The largest absolute Gasteiger partial charge is 0.480 e. The van der Waals surface area contributed by atoms with Gasteiger partial charge < -0.3 is 54.8 Å². The zero-order valence-corrected chi connectivity index (χ0v) is 30.0. The third-order valence-corrected chi connectivity index (χ3v) is 5.96. The van der Waals surface area contributed by atoms with E-state index >= 15 is 0 Å². The van der Waals surface area contributed by atoms with Gasteiger partial charge in [0, 0.05) is 31.0 Å². The van der Waals surface area contributed by atoms with Crippen LogP contribution in [-0.4, -0.2) is 118 Å². The Morgan fingerprint density at radius 2 is 1.27 bits per heavy atom. The Morgan fingerprint density at radius 1 is 0.745 bits per heavy atom. The zero-order valence-electron chi connectivity index (χ0n) is 30.0. The van der Waals surface area contributed by atoms with Crippen molar-refractivity contribution in [1.29, 1.82) is 0 Å². The summed E-state index contributed by atoms with van der Waals surface area (Å²) in [6.45, 7) is 12.1. The molecule has 2 atom stereocenters. The van der Waals surface area contributed by atoms with Crippen molar-refractivity contribution in [3.63, 3.8) is 0 Å². The summed E-state index contributed by atoms with van der Waals surface area (Å²) < 4.78 is 31.7. The zero-order chi connectivity index (χ0) is 38.3. The highest BCUT2D eigenvalue weighted by atomic mass is 16.6. The SMILES string of the molecule is CC(C)(C)OC(=O)NC(Cc1ccc(OC(=O)NCCC(NC(=O)OC(C)(C)C)C(=O)NCCOCCOCCOCCN=[N+]=[N-])cc1)C(=O)O. The first-order valence-corrected chi connectivity index (χ1v) is 16.3. The number of azide groups is 1. The van der Waals surface area contributed by atoms with Crippen LogP contribution in [0.15, 0.2) is 29.4 Å². The number of alkyl carbamates (subject to hydrolysis) is 2. The Morgan fingerprint density at radius 3 is 1.80 bits per heavy atom. The number of hydrogen-bond acceptors (Lipinski definition) is 12. The second-order valence-electron chi connectivity index (χ2n) is 12.8. The van der Waals surface area contributed by atoms with Crippen molar-refractivity contribution in [1.82, 2.24) is 21.3 Å². The molecule has 0 saturated carbocycles. The van der Waals surface area contributed by atoms with Gasteiger partial charge in [-0.1, -0.05) is 17.2 Å². The average Bonchev–Trinajstić information content (AvgIpc) is 3.01. The van der Waals surface area contributed by atoms with E-state index in [1.807, 2.05) is 0 Å². The number of rotatable bonds is 22. The molecule has 286 valence electrons. The van der Waals surface area contributed by atoms with Crippen molar-refractivity contribution in [2.75, 3.05) is 59.3 Å². The van der Waals surface area contributed by atoms with Crippen molar-refractivity contribution in [3.8, 4) is 5.75 Å². The van der Waals surface area contributed by atoms with Crippen molar-refractivity contribution in [3.05, 3.63) is 40.3 Å². The van der Waals surface area contributed by atoms with E-state index in [4.69, 9.17) is 34.0 Å². The smallest absolute Gasteiger partial charge is 0.412 e. The summed E-state index contributed by atoms with van der Waals surface area (Å²) in [6.07, 6.45) is -2.55. The molecule has 0 bridgehead atoms. The van der Waals surface area contributed by atoms with Crippen LogP contribution in [0.4, 0.5) is 14.4 Å². The van der Waals surface area contributed by atoms with Gasteiger partial charge in [-0.2, -0.15) is 0 Å². The normalized spacial score (nSPS) is 12.4. The molecule has 0 saturated heterocycles. The van der Waals surface area contributed by atoms with Crippen LogP contribution in [0.1, 0.15) is 53.5 Å². The first-order chi connectivity index (χ1) is 24.0. The second-order valence-corrected chi connectivity index (χ2v) is 12.8. The monoisotopic (exact) mass is 725 g/mol. The highest BCUT2D eigenvalue weighted by Gasteiger charge is 2.26. The van der Waals surface area contributed by atoms with Gasteiger partial charge in [-0.3, -0.25) is 4.79 Å². The number of carboxylic acids is 1. The predicted molar refractivity (Wildman–Crippen MR) is 182 cm³/mol. The van der Waals surface area contributed by atoms with Gasteiger partial charge in [0.05, 0.1) is 39.6 Å². The maximum atomic E-state index is 12.9. The van der Waals surface area contributed by atoms with E-state index in [1.54, 1.807) is 53.7 Å². The number of nitrogens with zero attached hydrogens (tertiary/aromatic N) is 3. The second kappa shape index (κ2) is 23.5. The number of carboxylic acid groups (broad SMARTS) is 1. The van der Waals surface area contributed by atoms with E-state index in [1.165, 1.54) is 12.1 Å². The van der Waals surface area contributed by atoms with Crippen LogP contribution >= 0.6 is 0 Å². The maximum absolute atomic E-state index is 12.9. The molecule has 0 aliphatic carbocycles. The van der Waals surface area contributed by atoms with Crippen molar-refractivity contribution in [2.45, 2.75) is 77.7 Å². The fraction of sp³-hybridized carbons (Fsp3) is 0.656. The first-order valence-electron chi connectivity index (χ1n) is 16.3. The summed E-state index contributed by atoms with van der Waals surface area (Å²) in [5, 5.41) is 22.9. The standard InChI is InChI=1S/C32H51N7O12/c1-31(2,3)50-29(44)37-24(26(40)34-13-15-46-17-19-48-20-18-47-16-14-36-39-33)11-12-35-28(43)49-23-9-7-22(8-10-23)21-25(27(41)42)38-30(45)51-32(4,5)6/h7-10,24-25H,11-21H2,1-6H3,(H,34,40)(H,35,43)(H,37,44)(H,38,45)(H,41,42). The van der Waals surface area contributed by atoms with Crippen molar-refractivity contribution >= 4 is 30.2 Å². The van der Waals surface area contributed by atoms with E-state index in [2.05, 4.69) is 31.3 Å². The number of benzene rings is 1. The van der Waals surface area contributed by atoms with Gasteiger partial charge in [0.15, 0.2) is 0 Å². The number of nitrogens with one attached hydrogen (secondary N) is 4. The summed E-state index contributed by atoms with van der Waals surface area (Å²) in [6, 6.07) is 3.71. The first kappa shape index (κ1) is 44.2. The van der Waals surface area contributed by atoms with E-state index in [9.17, 15) is 29.1 Å². The number of ether oxygens (including phenoxy) is 6. The Balaban J connectivity index is 2.54. The van der Waals surface area contributed by atoms with Crippen LogP contribution in [-0.2, 0) is 39.7 Å². The summed E-state index contributed by atoms with van der Waals surface area (Å²) >= 11 is 0. The average molecular weight is 726 g/mol. The molecule has 0 fully saturated rings. The van der Waals surface area contributed by atoms with E-state index in [0.29, 0.717) is 32.0 Å². The lowest BCUT2D eigenvalue weighted by atomic mass is 10.1. The number of hydrogen-bond donors (Lipinski definition) is 5. The van der Waals surface area contributed by atoms with Crippen LogP contribution in [0.25, 0.3) is 10.4 Å². The minimum Gasteiger partial charge on any atom is -0.480 e. The summed E-state index contributed by atoms with van der Waals surface area (Å²) in [5.41, 5.74) is 7.14. The van der Waals surface area contributed by atoms with Gasteiger partial charge in [-0.15, -0.1) is 0 Å². The number of carbonyl (C=O) groups excluding carboxylic acids is 4. The van der Waals surface area contributed by atoms with Crippen molar-refractivity contribution < 1.29 is 57.5 Å². The van der Waals surface area contributed by atoms with Gasteiger partial charge in [-0.05, 0) is 71.2 Å². The summed E-state index contributed by atoms with van der Waals surface area (Å²) in [4.78, 5) is 64.0. The lowest BCUT2D eigenvalue weighted by Gasteiger charge is -2.23. The van der Waals surface area contributed by atoms with Crippen molar-refractivity contribution in [2.24, 2.45) is 5.11 Å². The molecule has 0 spiro atoms. The number of amides is 4.